The van der Waals surface area contributed by atoms with E-state index in [0.717, 1.165) is 11.1 Å². The van der Waals surface area contributed by atoms with Crippen LogP contribution in [0.3, 0.4) is 0 Å². The van der Waals surface area contributed by atoms with Gasteiger partial charge < -0.3 is 4.74 Å². The van der Waals surface area contributed by atoms with Gasteiger partial charge in [0.1, 0.15) is 0 Å². The summed E-state index contributed by atoms with van der Waals surface area (Å²) in [6, 6.07) is 5.94. The molecule has 0 N–H and O–H groups in total. The number of hydrogen-bond acceptors (Lipinski definition) is 4. The number of hydrogen-bond donors (Lipinski definition) is 0. The second-order valence-electron chi connectivity index (χ2n) is 5.66. The fourth-order valence-electron chi connectivity index (χ4n) is 1.87. The molecular formula is C16H24O4. The fraction of sp³-hybridized carbons (Fsp3) is 0.562. The van der Waals surface area contributed by atoms with Gasteiger partial charge in [-0.1, -0.05) is 45.9 Å². The maximum atomic E-state index is 11.4. The van der Waals surface area contributed by atoms with Gasteiger partial charge in [0.05, 0.1) is 6.10 Å². The van der Waals surface area contributed by atoms with Crippen LogP contribution in [0.1, 0.15) is 64.5 Å². The molecule has 0 unspecified atom stereocenters. The highest BCUT2D eigenvalue weighted by Gasteiger charge is 2.18. The highest BCUT2D eigenvalue weighted by atomic mass is 17.2. The van der Waals surface area contributed by atoms with E-state index in [1.807, 2.05) is 18.2 Å². The summed E-state index contributed by atoms with van der Waals surface area (Å²) in [7, 11) is 0. The quantitative estimate of drug-likeness (QED) is 0.442. The molecule has 0 aromatic heterocycles. The summed E-state index contributed by atoms with van der Waals surface area (Å²) >= 11 is 0. The van der Waals surface area contributed by atoms with Crippen molar-refractivity contribution in [3.05, 3.63) is 29.3 Å². The van der Waals surface area contributed by atoms with Gasteiger partial charge >= 0.3 is 6.16 Å². The minimum atomic E-state index is -0.826. The van der Waals surface area contributed by atoms with Gasteiger partial charge in [-0.05, 0) is 25.7 Å². The van der Waals surface area contributed by atoms with Gasteiger partial charge in [-0.2, -0.15) is 4.79 Å². The van der Waals surface area contributed by atoms with Crippen LogP contribution >= 0.6 is 0 Å². The van der Waals surface area contributed by atoms with E-state index in [-0.39, 0.29) is 17.9 Å². The molecule has 0 amide bonds. The monoisotopic (exact) mass is 280 g/mol. The van der Waals surface area contributed by atoms with Crippen molar-refractivity contribution in [3.8, 4) is 5.75 Å². The fourth-order valence-corrected chi connectivity index (χ4v) is 1.87. The molecule has 0 bridgehead atoms. The van der Waals surface area contributed by atoms with Gasteiger partial charge in [0.15, 0.2) is 5.75 Å². The first kappa shape index (κ1) is 16.3. The molecule has 0 radical (unpaired) electrons. The van der Waals surface area contributed by atoms with Crippen LogP contribution in [0.4, 0.5) is 4.79 Å². The van der Waals surface area contributed by atoms with Gasteiger partial charge in [0, 0.05) is 11.1 Å². The second kappa shape index (κ2) is 7.17. The molecule has 1 rings (SSSR count). The van der Waals surface area contributed by atoms with Crippen LogP contribution in [0.2, 0.25) is 0 Å². The van der Waals surface area contributed by atoms with E-state index in [4.69, 9.17) is 14.5 Å². The van der Waals surface area contributed by atoms with E-state index in [1.165, 1.54) is 0 Å². The number of rotatable bonds is 5. The molecule has 0 aliphatic heterocycles. The molecule has 0 fully saturated rings. The predicted molar refractivity (Wildman–Crippen MR) is 78.0 cm³/mol. The molecule has 4 nitrogen and oxygen atoms in total. The van der Waals surface area contributed by atoms with Gasteiger partial charge in [-0.25, -0.2) is 4.89 Å². The van der Waals surface area contributed by atoms with Crippen molar-refractivity contribution in [3.63, 3.8) is 0 Å². The van der Waals surface area contributed by atoms with Gasteiger partial charge in [0.2, 0.25) is 0 Å². The summed E-state index contributed by atoms with van der Waals surface area (Å²) in [5.41, 5.74) is 2.02. The van der Waals surface area contributed by atoms with E-state index in [9.17, 15) is 4.79 Å². The third-order valence-corrected chi connectivity index (χ3v) is 2.84. The molecule has 0 aliphatic carbocycles. The van der Waals surface area contributed by atoms with Crippen LogP contribution in [0.15, 0.2) is 18.2 Å². The van der Waals surface area contributed by atoms with Crippen molar-refractivity contribution >= 4 is 6.16 Å². The van der Waals surface area contributed by atoms with E-state index in [2.05, 4.69) is 27.7 Å². The summed E-state index contributed by atoms with van der Waals surface area (Å²) in [6.07, 6.45) is -1.07. The first-order chi connectivity index (χ1) is 9.32. The van der Waals surface area contributed by atoms with Crippen molar-refractivity contribution in [2.75, 3.05) is 0 Å². The minimum absolute atomic E-state index is 0.240. The molecule has 0 heterocycles. The summed E-state index contributed by atoms with van der Waals surface area (Å²) in [5, 5.41) is 0. The number of carbonyl (C=O) groups excluding carboxylic acids is 1. The number of benzene rings is 1. The summed E-state index contributed by atoms with van der Waals surface area (Å²) in [6.45, 7) is 11.8. The SMILES string of the molecule is CC(C)OC(=O)OOc1c(C(C)C)cccc1C(C)C. The lowest BCUT2D eigenvalue weighted by Gasteiger charge is -2.18. The van der Waals surface area contributed by atoms with Crippen LogP contribution < -0.4 is 4.89 Å². The van der Waals surface area contributed by atoms with Crippen LogP contribution in [-0.2, 0) is 9.62 Å². The van der Waals surface area contributed by atoms with Crippen molar-refractivity contribution < 1.29 is 19.3 Å². The third kappa shape index (κ3) is 4.44. The normalized spacial score (nSPS) is 11.1. The molecule has 1 aromatic rings. The molecule has 20 heavy (non-hydrogen) atoms. The molecule has 112 valence electrons. The standard InChI is InChI=1S/C16H24O4/c1-10(2)13-8-7-9-14(11(3)4)15(13)19-20-16(17)18-12(5)6/h7-12H,1-6H3. The Balaban J connectivity index is 2.93. The minimum Gasteiger partial charge on any atom is -0.429 e. The van der Waals surface area contributed by atoms with Crippen molar-refractivity contribution in [2.24, 2.45) is 0 Å². The van der Waals surface area contributed by atoms with Gasteiger partial charge in [-0.15, -0.1) is 0 Å². The summed E-state index contributed by atoms with van der Waals surface area (Å²) in [4.78, 5) is 21.5. The lowest BCUT2D eigenvalue weighted by atomic mass is 9.94. The molecule has 0 spiro atoms. The zero-order chi connectivity index (χ0) is 15.3. The van der Waals surface area contributed by atoms with E-state index in [0.29, 0.717) is 5.75 Å². The molecule has 0 saturated heterocycles. The molecular weight excluding hydrogens is 256 g/mol. The third-order valence-electron chi connectivity index (χ3n) is 2.84. The van der Waals surface area contributed by atoms with Gasteiger partial charge in [0.25, 0.3) is 0 Å². The highest BCUT2D eigenvalue weighted by Crippen LogP contribution is 2.34. The molecule has 4 heteroatoms. The number of carbonyl (C=O) groups is 1. The average Bonchev–Trinajstić information content (AvgIpc) is 2.34. The lowest BCUT2D eigenvalue weighted by molar-refractivity contribution is -0.173. The van der Waals surface area contributed by atoms with Gasteiger partial charge in [-0.3, -0.25) is 4.89 Å². The van der Waals surface area contributed by atoms with Crippen molar-refractivity contribution in [1.29, 1.82) is 0 Å². The molecule has 1 aromatic carbocycles. The Bertz CT molecular complexity index is 424. The van der Waals surface area contributed by atoms with Crippen molar-refractivity contribution in [1.82, 2.24) is 0 Å². The zero-order valence-electron chi connectivity index (χ0n) is 13.1. The molecule has 0 aliphatic rings. The Morgan fingerprint density at radius 3 is 1.85 bits per heavy atom. The Labute approximate surface area is 121 Å². The topological polar surface area (TPSA) is 44.8 Å². The average molecular weight is 280 g/mol. The Hall–Kier alpha value is -1.71. The predicted octanol–water partition coefficient (Wildman–Crippen LogP) is 4.79. The van der Waals surface area contributed by atoms with Crippen LogP contribution in [0.25, 0.3) is 0 Å². The van der Waals surface area contributed by atoms with Crippen LogP contribution in [0.5, 0.6) is 5.75 Å². The summed E-state index contributed by atoms with van der Waals surface area (Å²) in [5.74, 6) is 1.15. The largest absolute Gasteiger partial charge is 0.550 e. The van der Waals surface area contributed by atoms with E-state index < -0.39 is 6.16 Å². The van der Waals surface area contributed by atoms with E-state index in [1.54, 1.807) is 13.8 Å². The summed E-state index contributed by atoms with van der Waals surface area (Å²) < 4.78 is 4.89. The first-order valence-electron chi connectivity index (χ1n) is 7.00. The zero-order valence-corrected chi connectivity index (χ0v) is 13.1. The number of para-hydroxylation sites is 1. The Morgan fingerprint density at radius 2 is 1.45 bits per heavy atom. The van der Waals surface area contributed by atoms with Crippen LogP contribution in [0, 0.1) is 0 Å². The van der Waals surface area contributed by atoms with E-state index >= 15 is 0 Å². The van der Waals surface area contributed by atoms with Crippen LogP contribution in [-0.4, -0.2) is 12.3 Å². The first-order valence-corrected chi connectivity index (χ1v) is 7.00. The maximum Gasteiger partial charge on any atom is 0.550 e. The Morgan fingerprint density at radius 1 is 0.950 bits per heavy atom. The lowest BCUT2D eigenvalue weighted by Crippen LogP contribution is -2.16. The Kier molecular flexibility index (Phi) is 5.86. The molecule has 0 atom stereocenters. The maximum absolute atomic E-state index is 11.4. The highest BCUT2D eigenvalue weighted by molar-refractivity contribution is 5.59. The smallest absolute Gasteiger partial charge is 0.429 e. The number of ether oxygens (including phenoxy) is 1. The second-order valence-corrected chi connectivity index (χ2v) is 5.66. The molecule has 0 saturated carbocycles. The van der Waals surface area contributed by atoms with Crippen molar-refractivity contribution in [2.45, 2.75) is 59.5 Å².